The normalized spacial score (nSPS) is 16.4. The standard InChI is InChI=1S/C23H28N2O3S/c1-23(2,3)25-22(26)20(21(29(25,27)28)19-15-8-5-9-16-19)24-17-11-10-14-18-12-6-4-7-13-18/h4-9,12-13,15-16,24H,10-11,14,17H2,1-3H3. The predicted molar refractivity (Wildman–Crippen MR) is 116 cm³/mol. The van der Waals surface area contributed by atoms with E-state index in [9.17, 15) is 13.2 Å². The fraction of sp³-hybridized carbons (Fsp3) is 0.348. The molecule has 1 aliphatic rings. The summed E-state index contributed by atoms with van der Waals surface area (Å²) >= 11 is 0. The van der Waals surface area contributed by atoms with Crippen LogP contribution in [-0.2, 0) is 21.2 Å². The Balaban J connectivity index is 1.79. The zero-order valence-corrected chi connectivity index (χ0v) is 18.0. The highest BCUT2D eigenvalue weighted by molar-refractivity contribution is 7.99. The average Bonchev–Trinajstić information content (AvgIpc) is 2.87. The van der Waals surface area contributed by atoms with Crippen LogP contribution in [0, 0.1) is 0 Å². The summed E-state index contributed by atoms with van der Waals surface area (Å²) in [5.74, 6) is -0.487. The summed E-state index contributed by atoms with van der Waals surface area (Å²) < 4.78 is 27.5. The molecule has 1 aliphatic heterocycles. The molecule has 0 aliphatic carbocycles. The molecule has 0 atom stereocenters. The van der Waals surface area contributed by atoms with Crippen molar-refractivity contribution in [2.75, 3.05) is 6.54 Å². The Kier molecular flexibility index (Phi) is 6.13. The second-order valence-corrected chi connectivity index (χ2v) is 9.91. The number of benzene rings is 2. The monoisotopic (exact) mass is 412 g/mol. The van der Waals surface area contributed by atoms with Crippen molar-refractivity contribution in [3.8, 4) is 0 Å². The highest BCUT2D eigenvalue weighted by atomic mass is 32.2. The van der Waals surface area contributed by atoms with Crippen molar-refractivity contribution in [1.82, 2.24) is 9.62 Å². The van der Waals surface area contributed by atoms with Gasteiger partial charge in [-0.15, -0.1) is 0 Å². The van der Waals surface area contributed by atoms with Gasteiger partial charge in [0.25, 0.3) is 15.9 Å². The number of nitrogens with one attached hydrogen (secondary N) is 1. The molecule has 1 heterocycles. The first-order valence-electron chi connectivity index (χ1n) is 9.90. The SMILES string of the molecule is CC(C)(C)N1C(=O)C(NCCCCc2ccccc2)=C(c2ccccc2)S1(=O)=O. The molecule has 1 N–H and O–H groups in total. The Bertz CT molecular complexity index is 991. The van der Waals surface area contributed by atoms with E-state index < -0.39 is 21.5 Å². The van der Waals surface area contributed by atoms with Crippen LogP contribution in [0.1, 0.15) is 44.7 Å². The van der Waals surface area contributed by atoms with Gasteiger partial charge in [0, 0.05) is 6.54 Å². The number of rotatable bonds is 7. The Labute approximate surface area is 173 Å². The quantitative estimate of drug-likeness (QED) is 0.700. The van der Waals surface area contributed by atoms with Crippen LogP contribution >= 0.6 is 0 Å². The Hall–Kier alpha value is -2.60. The summed E-state index contributed by atoms with van der Waals surface area (Å²) in [5, 5.41) is 3.13. The second-order valence-electron chi connectivity index (χ2n) is 8.19. The van der Waals surface area contributed by atoms with Crippen molar-refractivity contribution in [3.05, 3.63) is 77.5 Å². The van der Waals surface area contributed by atoms with E-state index in [2.05, 4.69) is 17.4 Å². The first-order chi connectivity index (χ1) is 13.7. The van der Waals surface area contributed by atoms with Crippen LogP contribution in [0.25, 0.3) is 4.91 Å². The van der Waals surface area contributed by atoms with E-state index in [4.69, 9.17) is 0 Å². The third-order valence-electron chi connectivity index (χ3n) is 4.81. The number of hydrogen-bond acceptors (Lipinski definition) is 4. The maximum absolute atomic E-state index is 13.2. The third kappa shape index (κ3) is 4.53. The number of sulfonamides is 1. The molecule has 2 aromatic rings. The fourth-order valence-corrected chi connectivity index (χ4v) is 5.61. The molecule has 0 unspecified atom stereocenters. The van der Waals surface area contributed by atoms with E-state index in [1.54, 1.807) is 45.0 Å². The number of hydrogen-bond donors (Lipinski definition) is 1. The maximum Gasteiger partial charge on any atom is 0.285 e. The van der Waals surface area contributed by atoms with Crippen LogP contribution in [0.15, 0.2) is 66.4 Å². The van der Waals surface area contributed by atoms with Gasteiger partial charge < -0.3 is 5.32 Å². The van der Waals surface area contributed by atoms with Gasteiger partial charge in [-0.3, -0.25) is 4.79 Å². The molecule has 29 heavy (non-hydrogen) atoms. The van der Waals surface area contributed by atoms with Crippen molar-refractivity contribution in [2.45, 2.75) is 45.6 Å². The van der Waals surface area contributed by atoms with Crippen LogP contribution in [0.3, 0.4) is 0 Å². The van der Waals surface area contributed by atoms with E-state index in [-0.39, 0.29) is 10.6 Å². The van der Waals surface area contributed by atoms with Gasteiger partial charge in [0.2, 0.25) is 0 Å². The zero-order valence-electron chi connectivity index (χ0n) is 17.2. The number of carbonyl (C=O) groups excluding carboxylic acids is 1. The molecule has 0 radical (unpaired) electrons. The first kappa shape index (κ1) is 21.1. The number of unbranched alkanes of at least 4 members (excludes halogenated alkanes) is 1. The van der Waals surface area contributed by atoms with E-state index in [1.807, 2.05) is 24.3 Å². The third-order valence-corrected chi connectivity index (χ3v) is 6.96. The Morgan fingerprint density at radius 3 is 2.07 bits per heavy atom. The van der Waals surface area contributed by atoms with Gasteiger partial charge in [0.15, 0.2) is 0 Å². The maximum atomic E-state index is 13.2. The minimum absolute atomic E-state index is 0.0704. The van der Waals surface area contributed by atoms with Crippen molar-refractivity contribution in [3.63, 3.8) is 0 Å². The minimum atomic E-state index is -3.92. The van der Waals surface area contributed by atoms with Gasteiger partial charge in [-0.25, -0.2) is 12.7 Å². The van der Waals surface area contributed by atoms with Crippen molar-refractivity contribution in [1.29, 1.82) is 0 Å². The molecular weight excluding hydrogens is 384 g/mol. The fourth-order valence-electron chi connectivity index (χ4n) is 3.54. The van der Waals surface area contributed by atoms with Crippen LogP contribution in [0.4, 0.5) is 0 Å². The van der Waals surface area contributed by atoms with Gasteiger partial charge in [-0.1, -0.05) is 60.7 Å². The molecule has 0 aromatic heterocycles. The lowest BCUT2D eigenvalue weighted by atomic mass is 10.1. The molecule has 0 bridgehead atoms. The Morgan fingerprint density at radius 2 is 1.48 bits per heavy atom. The molecular formula is C23H28N2O3S. The number of carbonyl (C=O) groups is 1. The van der Waals surface area contributed by atoms with E-state index >= 15 is 0 Å². The topological polar surface area (TPSA) is 66.5 Å². The highest BCUT2D eigenvalue weighted by Gasteiger charge is 2.49. The van der Waals surface area contributed by atoms with Gasteiger partial charge in [0.05, 0.1) is 5.54 Å². The van der Waals surface area contributed by atoms with Gasteiger partial charge in [-0.05, 0) is 51.2 Å². The highest BCUT2D eigenvalue weighted by Crippen LogP contribution is 2.38. The van der Waals surface area contributed by atoms with Gasteiger partial charge in [0.1, 0.15) is 10.6 Å². The van der Waals surface area contributed by atoms with Gasteiger partial charge >= 0.3 is 0 Å². The summed E-state index contributed by atoms with van der Waals surface area (Å²) in [6.45, 7) is 5.73. The smallest absolute Gasteiger partial charge is 0.285 e. The van der Waals surface area contributed by atoms with E-state index in [0.717, 1.165) is 23.6 Å². The molecule has 1 amide bonds. The Morgan fingerprint density at radius 1 is 0.897 bits per heavy atom. The summed E-state index contributed by atoms with van der Waals surface area (Å²) in [7, 11) is -3.92. The molecule has 154 valence electrons. The molecule has 6 heteroatoms. The van der Waals surface area contributed by atoms with Crippen molar-refractivity contribution in [2.24, 2.45) is 0 Å². The number of nitrogens with zero attached hydrogens (tertiary/aromatic N) is 1. The lowest BCUT2D eigenvalue weighted by Gasteiger charge is -2.30. The average molecular weight is 413 g/mol. The van der Waals surface area contributed by atoms with Crippen LogP contribution in [0.5, 0.6) is 0 Å². The summed E-state index contributed by atoms with van der Waals surface area (Å²) in [5.41, 5.74) is 1.13. The van der Waals surface area contributed by atoms with E-state index in [0.29, 0.717) is 12.1 Å². The molecule has 0 spiro atoms. The largest absolute Gasteiger partial charge is 0.379 e. The number of aryl methyl sites for hydroxylation is 1. The second kappa shape index (κ2) is 8.41. The van der Waals surface area contributed by atoms with Crippen LogP contribution in [-0.4, -0.2) is 30.7 Å². The first-order valence-corrected chi connectivity index (χ1v) is 11.3. The number of amides is 1. The molecule has 3 rings (SSSR count). The molecule has 2 aromatic carbocycles. The molecule has 5 nitrogen and oxygen atoms in total. The summed E-state index contributed by atoms with van der Waals surface area (Å²) in [4.78, 5) is 13.1. The minimum Gasteiger partial charge on any atom is -0.379 e. The zero-order chi connectivity index (χ0) is 21.1. The summed E-state index contributed by atoms with van der Waals surface area (Å²) in [6, 6.07) is 19.1. The van der Waals surface area contributed by atoms with E-state index in [1.165, 1.54) is 5.56 Å². The molecule has 0 saturated carbocycles. The van der Waals surface area contributed by atoms with Crippen LogP contribution in [0.2, 0.25) is 0 Å². The lowest BCUT2D eigenvalue weighted by Crippen LogP contribution is -2.46. The predicted octanol–water partition coefficient (Wildman–Crippen LogP) is 3.94. The van der Waals surface area contributed by atoms with Crippen molar-refractivity contribution >= 4 is 20.8 Å². The van der Waals surface area contributed by atoms with Crippen molar-refractivity contribution < 1.29 is 13.2 Å². The van der Waals surface area contributed by atoms with Gasteiger partial charge in [-0.2, -0.15) is 0 Å². The summed E-state index contributed by atoms with van der Waals surface area (Å²) in [6.07, 6.45) is 2.74. The molecule has 0 saturated heterocycles. The van der Waals surface area contributed by atoms with Crippen LogP contribution < -0.4 is 5.32 Å². The lowest BCUT2D eigenvalue weighted by molar-refractivity contribution is -0.125. The molecule has 0 fully saturated rings.